The Balaban J connectivity index is 4.49. The van der Waals surface area contributed by atoms with Crippen molar-refractivity contribution in [1.29, 1.82) is 0 Å². The number of hydrogen-bond acceptors (Lipinski definition) is 2. The van der Waals surface area contributed by atoms with Crippen LogP contribution in [0.3, 0.4) is 0 Å². The number of carbonyl (C=O) groups excluding carboxylic acids is 1. The molecule has 12 heavy (non-hydrogen) atoms. The third-order valence-corrected chi connectivity index (χ3v) is 1.75. The monoisotopic (exact) mass is 169 g/mol. The standard InChI is InChI=1S/C10H19NO/c1-7(2)5-10(11)9(6-12)8(3)4/h6-8H,5,11H2,1-4H3/b10-9-. The van der Waals surface area contributed by atoms with Crippen LogP contribution < -0.4 is 5.73 Å². The average Bonchev–Trinajstić information content (AvgIpc) is 1.85. The fourth-order valence-corrected chi connectivity index (χ4v) is 1.14. The Morgan fingerprint density at radius 1 is 1.33 bits per heavy atom. The van der Waals surface area contributed by atoms with Crippen molar-refractivity contribution < 1.29 is 4.79 Å². The van der Waals surface area contributed by atoms with Gasteiger partial charge in [-0.15, -0.1) is 0 Å². The van der Waals surface area contributed by atoms with Gasteiger partial charge >= 0.3 is 0 Å². The minimum atomic E-state index is 0.237. The van der Waals surface area contributed by atoms with E-state index in [0.717, 1.165) is 24.0 Å². The summed E-state index contributed by atoms with van der Waals surface area (Å²) in [5.41, 5.74) is 7.28. The van der Waals surface area contributed by atoms with Crippen LogP contribution in [0.4, 0.5) is 0 Å². The van der Waals surface area contributed by atoms with Gasteiger partial charge < -0.3 is 5.73 Å². The zero-order chi connectivity index (χ0) is 9.72. The molecule has 2 N–H and O–H groups in total. The van der Waals surface area contributed by atoms with Crippen molar-refractivity contribution in [3.63, 3.8) is 0 Å². The molecule has 0 spiro atoms. The van der Waals surface area contributed by atoms with E-state index in [1.165, 1.54) is 0 Å². The molecular formula is C10H19NO. The van der Waals surface area contributed by atoms with E-state index in [1.807, 2.05) is 13.8 Å². The van der Waals surface area contributed by atoms with E-state index >= 15 is 0 Å². The van der Waals surface area contributed by atoms with Crippen LogP contribution >= 0.6 is 0 Å². The second kappa shape index (κ2) is 4.96. The highest BCUT2D eigenvalue weighted by molar-refractivity contribution is 5.74. The summed E-state index contributed by atoms with van der Waals surface area (Å²) in [5.74, 6) is 0.750. The largest absolute Gasteiger partial charge is 0.402 e. The van der Waals surface area contributed by atoms with Gasteiger partial charge in [-0.1, -0.05) is 27.7 Å². The lowest BCUT2D eigenvalue weighted by Gasteiger charge is -2.11. The molecule has 0 unspecified atom stereocenters. The second-order valence-corrected chi connectivity index (χ2v) is 3.85. The Kier molecular flexibility index (Phi) is 4.64. The number of hydrogen-bond donors (Lipinski definition) is 1. The molecule has 0 fully saturated rings. The van der Waals surface area contributed by atoms with Crippen molar-refractivity contribution in [2.75, 3.05) is 0 Å². The Morgan fingerprint density at radius 3 is 2.08 bits per heavy atom. The van der Waals surface area contributed by atoms with Gasteiger partial charge in [0.05, 0.1) is 0 Å². The van der Waals surface area contributed by atoms with Gasteiger partial charge in [0.25, 0.3) is 0 Å². The van der Waals surface area contributed by atoms with Gasteiger partial charge in [-0.2, -0.15) is 0 Å². The maximum absolute atomic E-state index is 10.6. The molecule has 0 saturated carbocycles. The molecule has 0 heterocycles. The van der Waals surface area contributed by atoms with E-state index in [-0.39, 0.29) is 5.92 Å². The normalized spacial score (nSPS) is 13.5. The summed E-state index contributed by atoms with van der Waals surface area (Å²) >= 11 is 0. The van der Waals surface area contributed by atoms with Crippen molar-refractivity contribution in [2.45, 2.75) is 34.1 Å². The summed E-state index contributed by atoms with van der Waals surface area (Å²) in [7, 11) is 0. The van der Waals surface area contributed by atoms with Crippen LogP contribution in [0.15, 0.2) is 11.3 Å². The van der Waals surface area contributed by atoms with E-state index in [1.54, 1.807) is 0 Å². The number of allylic oxidation sites excluding steroid dienone is 2. The zero-order valence-electron chi connectivity index (χ0n) is 8.42. The van der Waals surface area contributed by atoms with Crippen LogP contribution in [-0.4, -0.2) is 6.29 Å². The van der Waals surface area contributed by atoms with Gasteiger partial charge in [0.1, 0.15) is 6.29 Å². The number of nitrogens with two attached hydrogens (primary N) is 1. The first-order valence-corrected chi connectivity index (χ1v) is 4.42. The first-order valence-electron chi connectivity index (χ1n) is 4.42. The number of aldehydes is 1. The summed E-state index contributed by atoms with van der Waals surface area (Å²) in [5, 5.41) is 0. The van der Waals surface area contributed by atoms with Crippen molar-refractivity contribution in [2.24, 2.45) is 17.6 Å². The van der Waals surface area contributed by atoms with Crippen molar-refractivity contribution in [1.82, 2.24) is 0 Å². The molecule has 2 heteroatoms. The van der Waals surface area contributed by atoms with Crippen molar-refractivity contribution in [3.8, 4) is 0 Å². The Bertz CT molecular complexity index is 180. The van der Waals surface area contributed by atoms with Gasteiger partial charge in [0.2, 0.25) is 0 Å². The molecule has 0 aliphatic heterocycles. The molecule has 0 saturated heterocycles. The van der Waals surface area contributed by atoms with E-state index in [0.29, 0.717) is 5.92 Å². The maximum atomic E-state index is 10.6. The van der Waals surface area contributed by atoms with Crippen LogP contribution in [0.25, 0.3) is 0 Å². The topological polar surface area (TPSA) is 43.1 Å². The Hall–Kier alpha value is -0.790. The van der Waals surface area contributed by atoms with Gasteiger partial charge in [0.15, 0.2) is 0 Å². The van der Waals surface area contributed by atoms with Crippen LogP contribution in [0.1, 0.15) is 34.1 Å². The lowest BCUT2D eigenvalue weighted by Crippen LogP contribution is -2.10. The Labute approximate surface area is 74.8 Å². The van der Waals surface area contributed by atoms with Gasteiger partial charge in [0, 0.05) is 11.3 Å². The molecule has 0 amide bonds. The molecule has 70 valence electrons. The lowest BCUT2D eigenvalue weighted by molar-refractivity contribution is -0.105. The maximum Gasteiger partial charge on any atom is 0.148 e. The van der Waals surface area contributed by atoms with Gasteiger partial charge in [-0.25, -0.2) is 0 Å². The summed E-state index contributed by atoms with van der Waals surface area (Å²) in [4.78, 5) is 10.6. The molecule has 0 radical (unpaired) electrons. The van der Waals surface area contributed by atoms with Crippen molar-refractivity contribution in [3.05, 3.63) is 11.3 Å². The highest BCUT2D eigenvalue weighted by Gasteiger charge is 2.08. The predicted molar refractivity (Wildman–Crippen MR) is 51.6 cm³/mol. The summed E-state index contributed by atoms with van der Waals surface area (Å²) in [6, 6.07) is 0. The minimum absolute atomic E-state index is 0.237. The predicted octanol–water partition coefficient (Wildman–Crippen LogP) is 2.10. The molecule has 0 aromatic carbocycles. The third kappa shape index (κ3) is 3.56. The quantitative estimate of drug-likeness (QED) is 0.517. The minimum Gasteiger partial charge on any atom is -0.402 e. The number of carbonyl (C=O) groups is 1. The molecule has 0 aliphatic rings. The first kappa shape index (κ1) is 11.2. The smallest absolute Gasteiger partial charge is 0.148 e. The molecular weight excluding hydrogens is 150 g/mol. The molecule has 0 rings (SSSR count). The van der Waals surface area contributed by atoms with E-state index in [2.05, 4.69) is 13.8 Å². The van der Waals surface area contributed by atoms with Crippen LogP contribution in [0, 0.1) is 11.8 Å². The molecule has 2 nitrogen and oxygen atoms in total. The van der Waals surface area contributed by atoms with E-state index in [9.17, 15) is 4.79 Å². The fourth-order valence-electron chi connectivity index (χ4n) is 1.14. The Morgan fingerprint density at radius 2 is 1.83 bits per heavy atom. The summed E-state index contributed by atoms with van der Waals surface area (Å²) in [6.07, 6.45) is 1.69. The highest BCUT2D eigenvalue weighted by Crippen LogP contribution is 2.15. The van der Waals surface area contributed by atoms with E-state index < -0.39 is 0 Å². The SMILES string of the molecule is CC(C)C/C(N)=C(\C=O)C(C)C. The highest BCUT2D eigenvalue weighted by atomic mass is 16.1. The van der Waals surface area contributed by atoms with Crippen LogP contribution in [0.2, 0.25) is 0 Å². The molecule has 0 aliphatic carbocycles. The number of rotatable bonds is 4. The second-order valence-electron chi connectivity index (χ2n) is 3.85. The zero-order valence-corrected chi connectivity index (χ0v) is 8.42. The van der Waals surface area contributed by atoms with Crippen LogP contribution in [-0.2, 0) is 4.79 Å². The fraction of sp³-hybridized carbons (Fsp3) is 0.700. The molecule has 0 aromatic rings. The first-order chi connectivity index (χ1) is 5.49. The van der Waals surface area contributed by atoms with Gasteiger partial charge in [-0.05, 0) is 18.3 Å². The van der Waals surface area contributed by atoms with E-state index in [4.69, 9.17) is 5.73 Å². The van der Waals surface area contributed by atoms with Crippen molar-refractivity contribution >= 4 is 6.29 Å². The lowest BCUT2D eigenvalue weighted by atomic mass is 9.98. The van der Waals surface area contributed by atoms with Gasteiger partial charge in [-0.3, -0.25) is 4.79 Å². The third-order valence-electron chi connectivity index (χ3n) is 1.75. The molecule has 0 atom stereocenters. The average molecular weight is 169 g/mol. The van der Waals surface area contributed by atoms with Crippen LogP contribution in [0.5, 0.6) is 0 Å². The molecule has 0 aromatic heterocycles. The molecule has 0 bridgehead atoms. The summed E-state index contributed by atoms with van der Waals surface area (Å²) in [6.45, 7) is 8.15. The summed E-state index contributed by atoms with van der Waals surface area (Å²) < 4.78 is 0.